The van der Waals surface area contributed by atoms with Gasteiger partial charge in [-0.05, 0) is 0 Å². The van der Waals surface area contributed by atoms with E-state index in [1.54, 1.807) is 0 Å². The van der Waals surface area contributed by atoms with Gasteiger partial charge < -0.3 is 85.3 Å². The van der Waals surface area contributed by atoms with Gasteiger partial charge in [0.2, 0.25) is 0 Å². The Hall–Kier alpha value is -3.87. The predicted octanol–water partition coefficient (Wildman–Crippen LogP) is -9.72. The molecule has 35 heavy (non-hydrogen) atoms. The Bertz CT molecular complexity index is 441. The molecule has 0 aliphatic carbocycles. The Morgan fingerprint density at radius 3 is 0.743 bits per heavy atom. The summed E-state index contributed by atoms with van der Waals surface area (Å²) in [6.45, 7) is 0. The fourth-order valence-corrected chi connectivity index (χ4v) is 0.714. The van der Waals surface area contributed by atoms with Crippen LogP contribution in [0.3, 0.4) is 0 Å². The first kappa shape index (κ1) is 96.3. The largest absolute Gasteiger partial charge is 0.481 e. The van der Waals surface area contributed by atoms with Crippen LogP contribution >= 0.6 is 0 Å². The van der Waals surface area contributed by atoms with Gasteiger partial charge in [0.05, 0.1) is 12.8 Å². The molecule has 0 aromatic heterocycles. The molecule has 0 rings (SSSR count). The Kier molecular flexibility index (Phi) is 144. The molecule has 0 aliphatic rings. The summed E-state index contributed by atoms with van der Waals surface area (Å²) in [4.78, 5) is 55.6. The van der Waals surface area contributed by atoms with Crippen LogP contribution in [0.5, 0.6) is 0 Å². The third kappa shape index (κ3) is 162. The van der Waals surface area contributed by atoms with Gasteiger partial charge >= 0.3 is 17.9 Å². The molecule has 0 saturated heterocycles. The number of nitrogens with zero attached hydrogens (tertiary/aromatic N) is 3. The molecular weight excluding hydrogens is 570 g/mol. The number of hydrogen-bond acceptors (Lipinski definition) is 10. The van der Waals surface area contributed by atoms with E-state index in [0.29, 0.717) is 0 Å². The molecule has 0 bridgehead atoms. The summed E-state index contributed by atoms with van der Waals surface area (Å²) >= 11 is 0. The fourth-order valence-electron chi connectivity index (χ4n) is 0.714. The van der Waals surface area contributed by atoms with Crippen molar-refractivity contribution < 1.29 is 132 Å². The summed E-state index contributed by atoms with van der Waals surface area (Å²) in [5.41, 5.74) is -2.74. The Balaban J connectivity index is -0.0000000146. The molecule has 226 valence electrons. The second-order valence-electron chi connectivity index (χ2n) is 3.19. The van der Waals surface area contributed by atoms with Crippen LogP contribution in [0.1, 0.15) is 12.8 Å². The molecular formula is C6H29FeN3O25. The Labute approximate surface area is 199 Å². The number of carbonyl (C=O) groups is 3. The van der Waals surface area contributed by atoms with E-state index in [1.165, 1.54) is 0 Å². The van der Waals surface area contributed by atoms with Crippen molar-refractivity contribution in [3.8, 4) is 0 Å². The number of aliphatic carboxylic acids is 3. The number of carboxylic acid groups (broad SMARTS) is 3. The molecule has 0 fully saturated rings. The van der Waals surface area contributed by atoms with Gasteiger partial charge in [0.15, 0.2) is 5.60 Å². The van der Waals surface area contributed by atoms with Gasteiger partial charge in [-0.1, -0.05) is 0 Å². The van der Waals surface area contributed by atoms with E-state index < -0.39 is 51.6 Å². The number of rotatable bonds is 5. The first-order valence-electron chi connectivity index (χ1n) is 4.87. The van der Waals surface area contributed by atoms with Crippen LogP contribution in [0, 0.1) is 30.3 Å². The topological polar surface area (TPSA) is 606 Å². The van der Waals surface area contributed by atoms with Crippen LogP contribution in [-0.2, 0) is 31.5 Å². The smallest absolute Gasteiger partial charge is 0.336 e. The van der Waals surface area contributed by atoms with Gasteiger partial charge in [0.25, 0.3) is 15.3 Å². The second kappa shape index (κ2) is 52.2. The van der Waals surface area contributed by atoms with Crippen LogP contribution in [0.25, 0.3) is 0 Å². The van der Waals surface area contributed by atoms with Crippen LogP contribution in [0.15, 0.2) is 0 Å². The molecule has 0 radical (unpaired) electrons. The molecule has 0 aromatic carbocycles. The third-order valence-electron chi connectivity index (χ3n) is 1.29. The minimum absolute atomic E-state index is 0. The summed E-state index contributed by atoms with van der Waals surface area (Å²) in [7, 11) is 0. The molecule has 0 heterocycles. The fraction of sp³-hybridized carbons (Fsp3) is 0.500. The minimum atomic E-state index is -2.74. The zero-order chi connectivity index (χ0) is 21.4. The molecule has 0 saturated carbocycles. The molecule has 0 aliphatic heterocycles. The van der Waals surface area contributed by atoms with E-state index in [4.69, 9.17) is 66.4 Å². The SMILES string of the molecule is O.O.O.O.O.O.O.O.O.O=C(O)CC(O)(CC(=O)O)C(=O)O.O=[N+]([O-])O.O=[N+]([O-])O.O=[N+]([O-])O.[Fe]. The molecule has 0 atom stereocenters. The van der Waals surface area contributed by atoms with Gasteiger partial charge in [-0.3, -0.25) is 9.59 Å². The molecule has 25 N–H and O–H groups in total. The maximum absolute atomic E-state index is 10.3. The predicted molar refractivity (Wildman–Crippen MR) is 96.0 cm³/mol. The van der Waals surface area contributed by atoms with Crippen molar-refractivity contribution in [3.63, 3.8) is 0 Å². The summed E-state index contributed by atoms with van der Waals surface area (Å²) in [5.74, 6) is -5.02. The Morgan fingerprint density at radius 1 is 0.571 bits per heavy atom. The van der Waals surface area contributed by atoms with Crippen molar-refractivity contribution >= 4 is 17.9 Å². The third-order valence-corrected chi connectivity index (χ3v) is 1.29. The summed E-state index contributed by atoms with van der Waals surface area (Å²) < 4.78 is 0. The molecule has 0 unspecified atom stereocenters. The summed E-state index contributed by atoms with van der Waals surface area (Å²) in [6.07, 6.45) is -2.29. The van der Waals surface area contributed by atoms with Gasteiger partial charge in [-0.25, -0.2) is 4.79 Å². The summed E-state index contributed by atoms with van der Waals surface area (Å²) in [5, 5.41) is 74.7. The van der Waals surface area contributed by atoms with Gasteiger partial charge in [-0.2, -0.15) is 0 Å². The average molecular weight is 599 g/mol. The van der Waals surface area contributed by atoms with E-state index in [2.05, 4.69) is 0 Å². The minimum Gasteiger partial charge on any atom is -0.481 e. The first-order chi connectivity index (χ1) is 11.0. The van der Waals surface area contributed by atoms with E-state index in [0.717, 1.165) is 0 Å². The molecule has 0 aromatic rings. The van der Waals surface area contributed by atoms with Gasteiger partial charge in [0.1, 0.15) is 0 Å². The van der Waals surface area contributed by atoms with E-state index in [-0.39, 0.29) is 66.4 Å². The van der Waals surface area contributed by atoms with Crippen LogP contribution in [-0.4, -0.2) is 124 Å². The molecule has 28 nitrogen and oxygen atoms in total. The molecule has 29 heteroatoms. The normalized spacial score (nSPS) is 6.09. The summed E-state index contributed by atoms with van der Waals surface area (Å²) in [6, 6.07) is 0. The van der Waals surface area contributed by atoms with Gasteiger partial charge in [-0.15, -0.1) is 30.3 Å². The van der Waals surface area contributed by atoms with Crippen molar-refractivity contribution in [3.05, 3.63) is 30.3 Å². The average Bonchev–Trinajstić information content (AvgIpc) is 2.22. The molecule has 0 amide bonds. The quantitative estimate of drug-likeness (QED) is 0.0876. The first-order valence-corrected chi connectivity index (χ1v) is 4.87. The van der Waals surface area contributed by atoms with Crippen molar-refractivity contribution in [1.82, 2.24) is 0 Å². The molecule has 0 spiro atoms. The van der Waals surface area contributed by atoms with Crippen LogP contribution < -0.4 is 0 Å². The van der Waals surface area contributed by atoms with E-state index in [1.807, 2.05) is 0 Å². The number of carboxylic acids is 3. The van der Waals surface area contributed by atoms with E-state index >= 15 is 0 Å². The number of hydrogen-bond donors (Lipinski definition) is 7. The zero-order valence-corrected chi connectivity index (χ0v) is 17.5. The zero-order valence-electron chi connectivity index (χ0n) is 16.4. The monoisotopic (exact) mass is 599 g/mol. The second-order valence-corrected chi connectivity index (χ2v) is 3.19. The van der Waals surface area contributed by atoms with Gasteiger partial charge in [0, 0.05) is 17.1 Å². The van der Waals surface area contributed by atoms with Crippen molar-refractivity contribution in [2.24, 2.45) is 0 Å². The van der Waals surface area contributed by atoms with Crippen molar-refractivity contribution in [1.29, 1.82) is 0 Å². The van der Waals surface area contributed by atoms with Crippen molar-refractivity contribution in [2.45, 2.75) is 18.4 Å². The Morgan fingerprint density at radius 2 is 0.686 bits per heavy atom. The van der Waals surface area contributed by atoms with Crippen molar-refractivity contribution in [2.75, 3.05) is 0 Å². The van der Waals surface area contributed by atoms with Crippen LogP contribution in [0.4, 0.5) is 0 Å². The maximum atomic E-state index is 10.3. The standard InChI is InChI=1S/C6H8O7.Fe.3HNO3.9H2O/c7-3(8)1-6(13,5(11)12)2-4(9)10;;3*2-1(3)4;;;;;;;;;/h13H,1-2H2,(H,7,8)(H,9,10)(H,11,12);;3*(H,2,3,4);9*1H2. The van der Waals surface area contributed by atoms with Crippen LogP contribution in [0.2, 0.25) is 0 Å². The number of aliphatic hydroxyl groups is 1. The maximum Gasteiger partial charge on any atom is 0.336 e. The van der Waals surface area contributed by atoms with E-state index in [9.17, 15) is 14.4 Å².